The summed E-state index contributed by atoms with van der Waals surface area (Å²) < 4.78 is 7.00. The number of halogens is 2. The molecule has 0 spiro atoms. The van der Waals surface area contributed by atoms with Crippen LogP contribution in [-0.4, -0.2) is 55.7 Å². The number of hydrogen-bond donors (Lipinski definition) is 2. The summed E-state index contributed by atoms with van der Waals surface area (Å²) in [5.74, 6) is 0.643. The number of nitrogens with zero attached hydrogens (tertiary/aromatic N) is 4. The van der Waals surface area contributed by atoms with Gasteiger partial charge in [0.05, 0.1) is 12.2 Å². The average Bonchev–Trinajstić information content (AvgIpc) is 3.36. The van der Waals surface area contributed by atoms with Crippen molar-refractivity contribution in [3.63, 3.8) is 0 Å². The second-order valence-electron chi connectivity index (χ2n) is 9.53. The van der Waals surface area contributed by atoms with E-state index in [1.807, 2.05) is 27.7 Å². The number of anilines is 1. The fourth-order valence-electron chi connectivity index (χ4n) is 4.06. The summed E-state index contributed by atoms with van der Waals surface area (Å²) in [7, 11) is 0. The fraction of sp³-hybridized carbons (Fsp3) is 0.478. The highest BCUT2D eigenvalue weighted by atomic mass is 35.5. The van der Waals surface area contributed by atoms with Crippen molar-refractivity contribution in [1.29, 1.82) is 0 Å². The molecule has 0 saturated carbocycles. The molecule has 3 heterocycles. The Morgan fingerprint density at radius 3 is 2.85 bits per heavy atom. The van der Waals surface area contributed by atoms with Crippen LogP contribution in [0.1, 0.15) is 45.7 Å². The molecule has 9 nitrogen and oxygen atoms in total. The monoisotopic (exact) mass is 506 g/mol. The van der Waals surface area contributed by atoms with E-state index in [9.17, 15) is 9.59 Å². The van der Waals surface area contributed by atoms with Crippen LogP contribution in [0.4, 0.5) is 10.7 Å². The number of carbonyl (C=O) groups excluding carboxylic acids is 1. The number of ether oxygens (including phenoxy) is 1. The first-order valence-electron chi connectivity index (χ1n) is 11.2. The second kappa shape index (κ2) is 9.46. The van der Waals surface area contributed by atoms with Gasteiger partial charge in [-0.25, -0.2) is 14.6 Å². The Hall–Kier alpha value is -2.78. The van der Waals surface area contributed by atoms with Crippen LogP contribution in [0.5, 0.6) is 0 Å². The lowest BCUT2D eigenvalue weighted by atomic mass is 10.1. The maximum Gasteiger partial charge on any atom is 0.410 e. The number of amides is 1. The average molecular weight is 507 g/mol. The van der Waals surface area contributed by atoms with Crippen LogP contribution < -0.4 is 11.0 Å². The van der Waals surface area contributed by atoms with Gasteiger partial charge >= 0.3 is 11.8 Å². The standard InChI is InChI=1S/C23H28Cl2N6O3/c1-13(16-9-15(24)5-6-17(16)25)31-19-18(28-21(31)32)11-27-20(29-19)26-10-14-7-8-30(12-14)22(33)34-23(2,3)4/h5-6,9,11,13-14H,7-8,10,12H2,1-4H3,(H,28,32)(H,26,27,29)/t13-,14-/m1/s1. The highest BCUT2D eigenvalue weighted by Crippen LogP contribution is 2.29. The van der Waals surface area contributed by atoms with Gasteiger partial charge in [0.25, 0.3) is 0 Å². The first kappa shape index (κ1) is 24.3. The van der Waals surface area contributed by atoms with E-state index in [4.69, 9.17) is 27.9 Å². The first-order valence-corrected chi connectivity index (χ1v) is 11.9. The minimum atomic E-state index is -0.518. The van der Waals surface area contributed by atoms with E-state index >= 15 is 0 Å². The molecule has 3 aromatic rings. The van der Waals surface area contributed by atoms with Gasteiger partial charge in [0.2, 0.25) is 5.95 Å². The highest BCUT2D eigenvalue weighted by molar-refractivity contribution is 6.33. The van der Waals surface area contributed by atoms with Crippen molar-refractivity contribution in [3.8, 4) is 0 Å². The van der Waals surface area contributed by atoms with Crippen molar-refractivity contribution in [3.05, 3.63) is 50.5 Å². The number of fused-ring (bicyclic) bond motifs is 1. The molecule has 1 fully saturated rings. The minimum Gasteiger partial charge on any atom is -0.444 e. The zero-order chi connectivity index (χ0) is 24.6. The Morgan fingerprint density at radius 2 is 2.12 bits per heavy atom. The van der Waals surface area contributed by atoms with Gasteiger partial charge in [0.1, 0.15) is 11.1 Å². The zero-order valence-corrected chi connectivity index (χ0v) is 21.1. The molecule has 0 aliphatic carbocycles. The van der Waals surface area contributed by atoms with Gasteiger partial charge in [-0.2, -0.15) is 4.98 Å². The predicted molar refractivity (Wildman–Crippen MR) is 133 cm³/mol. The van der Waals surface area contributed by atoms with Crippen LogP contribution >= 0.6 is 23.2 Å². The zero-order valence-electron chi connectivity index (χ0n) is 19.6. The molecule has 1 amide bonds. The number of benzene rings is 1. The Kier molecular flexibility index (Phi) is 6.78. The van der Waals surface area contributed by atoms with Crippen molar-refractivity contribution < 1.29 is 9.53 Å². The summed E-state index contributed by atoms with van der Waals surface area (Å²) in [5, 5.41) is 4.30. The Morgan fingerprint density at radius 1 is 1.35 bits per heavy atom. The molecule has 11 heteroatoms. The van der Waals surface area contributed by atoms with Crippen LogP contribution in [0.3, 0.4) is 0 Å². The van der Waals surface area contributed by atoms with Gasteiger partial charge in [-0.1, -0.05) is 23.2 Å². The smallest absolute Gasteiger partial charge is 0.410 e. The number of hydrogen-bond acceptors (Lipinski definition) is 6. The predicted octanol–water partition coefficient (Wildman–Crippen LogP) is 4.70. The quantitative estimate of drug-likeness (QED) is 0.519. The number of likely N-dealkylation sites (tertiary alicyclic amines) is 1. The normalized spacial score (nSPS) is 17.2. The van der Waals surface area contributed by atoms with Crippen LogP contribution in [0, 0.1) is 5.92 Å². The van der Waals surface area contributed by atoms with Crippen molar-refractivity contribution in [2.24, 2.45) is 5.92 Å². The third-order valence-corrected chi connectivity index (χ3v) is 6.32. The molecule has 1 saturated heterocycles. The fourth-order valence-corrected chi connectivity index (χ4v) is 4.52. The maximum atomic E-state index is 12.7. The number of rotatable bonds is 5. The lowest BCUT2D eigenvalue weighted by molar-refractivity contribution is 0.0289. The molecule has 0 bridgehead atoms. The van der Waals surface area contributed by atoms with Crippen molar-refractivity contribution in [1.82, 2.24) is 24.4 Å². The van der Waals surface area contributed by atoms with Gasteiger partial charge in [0, 0.05) is 29.7 Å². The first-order chi connectivity index (χ1) is 16.0. The topological polar surface area (TPSA) is 105 Å². The number of imidazole rings is 1. The molecule has 34 heavy (non-hydrogen) atoms. The summed E-state index contributed by atoms with van der Waals surface area (Å²) in [6.07, 6.45) is 2.14. The lowest BCUT2D eigenvalue weighted by Gasteiger charge is -2.24. The number of aromatic nitrogens is 4. The Balaban J connectivity index is 1.49. The molecule has 2 atom stereocenters. The summed E-state index contributed by atoms with van der Waals surface area (Å²) >= 11 is 12.5. The molecule has 1 aromatic carbocycles. The summed E-state index contributed by atoms with van der Waals surface area (Å²) in [6, 6.07) is 4.76. The van der Waals surface area contributed by atoms with Gasteiger partial charge in [0.15, 0.2) is 5.65 Å². The number of nitrogens with one attached hydrogen (secondary N) is 2. The molecule has 1 aliphatic rings. The molecule has 2 aromatic heterocycles. The SMILES string of the molecule is C[C@H](c1cc(Cl)ccc1Cl)n1c(=O)[nH]c2cnc(NC[C@H]3CCN(C(=O)OC(C)(C)C)C3)nc21. The van der Waals surface area contributed by atoms with Crippen molar-refractivity contribution in [2.75, 3.05) is 25.0 Å². The lowest BCUT2D eigenvalue weighted by Crippen LogP contribution is -2.35. The molecule has 2 N–H and O–H groups in total. The third kappa shape index (κ3) is 5.31. The molecule has 4 rings (SSSR count). The summed E-state index contributed by atoms with van der Waals surface area (Å²) in [6.45, 7) is 9.28. The van der Waals surface area contributed by atoms with E-state index in [1.54, 1.807) is 33.9 Å². The van der Waals surface area contributed by atoms with Crippen LogP contribution in [0.15, 0.2) is 29.2 Å². The molecule has 1 aliphatic heterocycles. The van der Waals surface area contributed by atoms with E-state index in [-0.39, 0.29) is 17.7 Å². The van der Waals surface area contributed by atoms with Gasteiger partial charge in [-0.15, -0.1) is 0 Å². The number of aromatic amines is 1. The molecular formula is C23H28Cl2N6O3. The summed E-state index contributed by atoms with van der Waals surface area (Å²) in [5.41, 5.74) is 0.882. The third-order valence-electron chi connectivity index (χ3n) is 5.74. The van der Waals surface area contributed by atoms with E-state index in [2.05, 4.69) is 20.3 Å². The van der Waals surface area contributed by atoms with E-state index in [1.165, 1.54) is 0 Å². The number of H-pyrrole nitrogens is 1. The Bertz CT molecular complexity index is 1270. The molecule has 182 valence electrons. The van der Waals surface area contributed by atoms with Crippen LogP contribution in [-0.2, 0) is 4.74 Å². The van der Waals surface area contributed by atoms with Gasteiger partial charge < -0.3 is 19.9 Å². The van der Waals surface area contributed by atoms with Gasteiger partial charge in [-0.3, -0.25) is 4.57 Å². The van der Waals surface area contributed by atoms with Crippen LogP contribution in [0.2, 0.25) is 10.0 Å². The van der Waals surface area contributed by atoms with Crippen molar-refractivity contribution in [2.45, 2.75) is 45.8 Å². The van der Waals surface area contributed by atoms with E-state index in [0.29, 0.717) is 46.8 Å². The Labute approximate surface area is 207 Å². The van der Waals surface area contributed by atoms with Crippen LogP contribution in [0.25, 0.3) is 11.2 Å². The van der Waals surface area contributed by atoms with Crippen molar-refractivity contribution >= 4 is 46.4 Å². The largest absolute Gasteiger partial charge is 0.444 e. The maximum absolute atomic E-state index is 12.7. The molecule has 0 radical (unpaired) electrons. The highest BCUT2D eigenvalue weighted by Gasteiger charge is 2.29. The molecular weight excluding hydrogens is 479 g/mol. The van der Waals surface area contributed by atoms with E-state index in [0.717, 1.165) is 12.0 Å². The van der Waals surface area contributed by atoms with Gasteiger partial charge in [-0.05, 0) is 63.8 Å². The summed E-state index contributed by atoms with van der Waals surface area (Å²) in [4.78, 5) is 38.5. The molecule has 0 unspecified atom stereocenters. The number of carbonyl (C=O) groups is 1. The second-order valence-corrected chi connectivity index (χ2v) is 10.4. The van der Waals surface area contributed by atoms with E-state index < -0.39 is 11.6 Å². The minimum absolute atomic E-state index is 0.240.